The summed E-state index contributed by atoms with van der Waals surface area (Å²) < 4.78 is 0. The van der Waals surface area contributed by atoms with Gasteiger partial charge in [-0.1, -0.05) is 27.2 Å². The molecule has 0 bridgehead atoms. The van der Waals surface area contributed by atoms with Gasteiger partial charge in [-0.25, -0.2) is 0 Å². The molecule has 0 amide bonds. The standard InChI is InChI=1S/C12H25N/c1-5-7-12-9-10(3)8-11(4)13(12)6-2/h10-12H,5-9H2,1-4H3. The van der Waals surface area contributed by atoms with Crippen LogP contribution in [0.15, 0.2) is 0 Å². The Kier molecular flexibility index (Phi) is 4.24. The van der Waals surface area contributed by atoms with Crippen molar-refractivity contribution < 1.29 is 0 Å². The van der Waals surface area contributed by atoms with Crippen LogP contribution < -0.4 is 0 Å². The molecule has 0 spiro atoms. The second-order valence-electron chi connectivity index (χ2n) is 4.70. The molecular weight excluding hydrogens is 158 g/mol. The summed E-state index contributed by atoms with van der Waals surface area (Å²) in [6.45, 7) is 10.6. The first-order valence-electron chi connectivity index (χ1n) is 5.94. The van der Waals surface area contributed by atoms with E-state index in [0.717, 1.165) is 18.0 Å². The van der Waals surface area contributed by atoms with Gasteiger partial charge >= 0.3 is 0 Å². The maximum Gasteiger partial charge on any atom is 0.0100 e. The number of piperidine rings is 1. The summed E-state index contributed by atoms with van der Waals surface area (Å²) in [5.41, 5.74) is 0. The molecule has 0 aliphatic carbocycles. The molecule has 1 heterocycles. The molecule has 0 N–H and O–H groups in total. The molecule has 1 nitrogen and oxygen atoms in total. The van der Waals surface area contributed by atoms with E-state index in [-0.39, 0.29) is 0 Å². The van der Waals surface area contributed by atoms with Gasteiger partial charge in [-0.3, -0.25) is 4.90 Å². The van der Waals surface area contributed by atoms with Crippen molar-refractivity contribution in [1.29, 1.82) is 0 Å². The van der Waals surface area contributed by atoms with Gasteiger partial charge in [0, 0.05) is 12.1 Å². The van der Waals surface area contributed by atoms with Crippen LogP contribution in [0.4, 0.5) is 0 Å². The average Bonchev–Trinajstić information content (AvgIpc) is 2.04. The van der Waals surface area contributed by atoms with Crippen LogP contribution in [0.2, 0.25) is 0 Å². The van der Waals surface area contributed by atoms with Gasteiger partial charge < -0.3 is 0 Å². The predicted molar refractivity (Wildman–Crippen MR) is 58.9 cm³/mol. The summed E-state index contributed by atoms with van der Waals surface area (Å²) >= 11 is 0. The molecule has 1 aliphatic heterocycles. The molecule has 0 radical (unpaired) electrons. The first-order chi connectivity index (χ1) is 6.19. The zero-order chi connectivity index (χ0) is 9.84. The molecule has 78 valence electrons. The summed E-state index contributed by atoms with van der Waals surface area (Å²) in [7, 11) is 0. The Bertz CT molecular complexity index is 144. The Morgan fingerprint density at radius 2 is 1.85 bits per heavy atom. The first-order valence-corrected chi connectivity index (χ1v) is 5.94. The van der Waals surface area contributed by atoms with Gasteiger partial charge in [0.1, 0.15) is 0 Å². The molecule has 0 aromatic rings. The highest BCUT2D eigenvalue weighted by atomic mass is 15.2. The number of hydrogen-bond donors (Lipinski definition) is 0. The monoisotopic (exact) mass is 183 g/mol. The number of hydrogen-bond acceptors (Lipinski definition) is 1. The van der Waals surface area contributed by atoms with Crippen molar-refractivity contribution in [2.24, 2.45) is 5.92 Å². The second kappa shape index (κ2) is 4.99. The van der Waals surface area contributed by atoms with Crippen molar-refractivity contribution in [3.63, 3.8) is 0 Å². The maximum absolute atomic E-state index is 2.70. The van der Waals surface area contributed by atoms with E-state index in [9.17, 15) is 0 Å². The van der Waals surface area contributed by atoms with Crippen molar-refractivity contribution in [2.45, 2.75) is 65.5 Å². The minimum absolute atomic E-state index is 0.810. The minimum Gasteiger partial charge on any atom is -0.298 e. The largest absolute Gasteiger partial charge is 0.298 e. The summed E-state index contributed by atoms with van der Waals surface area (Å²) in [5.74, 6) is 0.939. The van der Waals surface area contributed by atoms with Gasteiger partial charge in [-0.15, -0.1) is 0 Å². The molecular formula is C12H25N. The molecule has 13 heavy (non-hydrogen) atoms. The third-order valence-corrected chi connectivity index (χ3v) is 3.44. The molecule has 1 aliphatic rings. The molecule has 1 saturated heterocycles. The number of nitrogens with zero attached hydrogens (tertiary/aromatic N) is 1. The Morgan fingerprint density at radius 1 is 1.15 bits per heavy atom. The summed E-state index contributed by atoms with van der Waals surface area (Å²) in [5, 5.41) is 0. The molecule has 1 heteroatoms. The molecule has 0 saturated carbocycles. The highest BCUT2D eigenvalue weighted by molar-refractivity contribution is 4.84. The zero-order valence-electron chi connectivity index (χ0n) is 9.71. The number of rotatable bonds is 3. The zero-order valence-corrected chi connectivity index (χ0v) is 9.71. The van der Waals surface area contributed by atoms with Crippen LogP contribution in [-0.2, 0) is 0 Å². The Morgan fingerprint density at radius 3 is 2.38 bits per heavy atom. The van der Waals surface area contributed by atoms with Gasteiger partial charge in [0.2, 0.25) is 0 Å². The molecule has 0 aromatic heterocycles. The van der Waals surface area contributed by atoms with E-state index < -0.39 is 0 Å². The predicted octanol–water partition coefficient (Wildman–Crippen LogP) is 3.30. The van der Waals surface area contributed by atoms with E-state index in [0.29, 0.717) is 0 Å². The highest BCUT2D eigenvalue weighted by Gasteiger charge is 2.29. The fourth-order valence-corrected chi connectivity index (χ4v) is 2.96. The van der Waals surface area contributed by atoms with E-state index in [1.807, 2.05) is 0 Å². The number of likely N-dealkylation sites (tertiary alicyclic amines) is 1. The second-order valence-corrected chi connectivity index (χ2v) is 4.70. The van der Waals surface area contributed by atoms with E-state index in [2.05, 4.69) is 32.6 Å². The van der Waals surface area contributed by atoms with E-state index in [1.165, 1.54) is 32.2 Å². The fraction of sp³-hybridized carbons (Fsp3) is 1.00. The lowest BCUT2D eigenvalue weighted by Crippen LogP contribution is -2.47. The Balaban J connectivity index is 2.54. The van der Waals surface area contributed by atoms with Gasteiger partial charge in [-0.05, 0) is 38.6 Å². The molecule has 1 rings (SSSR count). The lowest BCUT2D eigenvalue weighted by molar-refractivity contribution is 0.0659. The Hall–Kier alpha value is -0.0400. The van der Waals surface area contributed by atoms with Crippen LogP contribution in [0.1, 0.15) is 53.4 Å². The van der Waals surface area contributed by atoms with Crippen LogP contribution in [0.3, 0.4) is 0 Å². The van der Waals surface area contributed by atoms with Crippen molar-refractivity contribution >= 4 is 0 Å². The van der Waals surface area contributed by atoms with Gasteiger partial charge in [-0.2, -0.15) is 0 Å². The quantitative estimate of drug-likeness (QED) is 0.649. The van der Waals surface area contributed by atoms with E-state index >= 15 is 0 Å². The van der Waals surface area contributed by atoms with Crippen molar-refractivity contribution in [3.8, 4) is 0 Å². The molecule has 1 fully saturated rings. The van der Waals surface area contributed by atoms with Crippen LogP contribution in [0.25, 0.3) is 0 Å². The third-order valence-electron chi connectivity index (χ3n) is 3.44. The molecule has 0 aromatic carbocycles. The van der Waals surface area contributed by atoms with Crippen LogP contribution >= 0.6 is 0 Å². The van der Waals surface area contributed by atoms with E-state index in [4.69, 9.17) is 0 Å². The molecule has 3 atom stereocenters. The topological polar surface area (TPSA) is 3.24 Å². The normalized spacial score (nSPS) is 36.5. The summed E-state index contributed by atoms with van der Waals surface area (Å²) in [6, 6.07) is 1.68. The van der Waals surface area contributed by atoms with Crippen LogP contribution in [-0.4, -0.2) is 23.5 Å². The Labute approximate surface area is 83.5 Å². The van der Waals surface area contributed by atoms with Crippen LogP contribution in [0, 0.1) is 5.92 Å². The molecule has 3 unspecified atom stereocenters. The highest BCUT2D eigenvalue weighted by Crippen LogP contribution is 2.29. The van der Waals surface area contributed by atoms with Gasteiger partial charge in [0.25, 0.3) is 0 Å². The SMILES string of the molecule is CCCC1CC(C)CC(C)N1CC. The fourth-order valence-electron chi connectivity index (χ4n) is 2.96. The van der Waals surface area contributed by atoms with Crippen LogP contribution in [0.5, 0.6) is 0 Å². The average molecular weight is 183 g/mol. The first kappa shape index (κ1) is 11.0. The van der Waals surface area contributed by atoms with Crippen molar-refractivity contribution in [1.82, 2.24) is 4.90 Å². The van der Waals surface area contributed by atoms with Crippen molar-refractivity contribution in [2.75, 3.05) is 6.54 Å². The summed E-state index contributed by atoms with van der Waals surface area (Å²) in [4.78, 5) is 2.70. The maximum atomic E-state index is 2.70. The lowest BCUT2D eigenvalue weighted by Gasteiger charge is -2.43. The lowest BCUT2D eigenvalue weighted by atomic mass is 9.86. The minimum atomic E-state index is 0.810. The van der Waals surface area contributed by atoms with Crippen molar-refractivity contribution in [3.05, 3.63) is 0 Å². The third kappa shape index (κ3) is 2.70. The van der Waals surface area contributed by atoms with E-state index in [1.54, 1.807) is 0 Å². The summed E-state index contributed by atoms with van der Waals surface area (Å²) in [6.07, 6.45) is 5.54. The smallest absolute Gasteiger partial charge is 0.0100 e. The van der Waals surface area contributed by atoms with Gasteiger partial charge in [0.05, 0.1) is 0 Å². The van der Waals surface area contributed by atoms with Gasteiger partial charge in [0.15, 0.2) is 0 Å².